The van der Waals surface area contributed by atoms with Crippen LogP contribution in [0, 0.1) is 130 Å². The quantitative estimate of drug-likeness (QED) is 0.144. The van der Waals surface area contributed by atoms with Crippen LogP contribution in [-0.4, -0.2) is 54.1 Å². The number of ether oxygens (including phenoxy) is 4. The van der Waals surface area contributed by atoms with Gasteiger partial charge in [-0.2, -0.15) is 0 Å². The number of carbonyl (C=O) groups excluding carboxylic acids is 3. The summed E-state index contributed by atoms with van der Waals surface area (Å²) in [5, 5.41) is 7.42. The third kappa shape index (κ3) is 8.88. The van der Waals surface area contributed by atoms with E-state index in [4.69, 9.17) is 28.8 Å². The number of aliphatic carboxylic acids is 1. The summed E-state index contributed by atoms with van der Waals surface area (Å²) in [6.07, 6.45) is 21.3. The van der Waals surface area contributed by atoms with Crippen molar-refractivity contribution < 1.29 is 43.2 Å². The van der Waals surface area contributed by atoms with Gasteiger partial charge in [-0.15, -0.1) is 0 Å². The van der Waals surface area contributed by atoms with E-state index in [0.29, 0.717) is 18.3 Å². The highest BCUT2D eigenvalue weighted by molar-refractivity contribution is 5.79. The van der Waals surface area contributed by atoms with E-state index in [0.717, 1.165) is 159 Å². The van der Waals surface area contributed by atoms with Crippen molar-refractivity contribution in [2.24, 2.45) is 130 Å². The molecule has 9 nitrogen and oxygen atoms in total. The monoisotopic (exact) mass is 941 g/mol. The number of rotatable bonds is 8. The van der Waals surface area contributed by atoms with E-state index in [1.165, 1.54) is 71.1 Å². The molecular formula is C58H100O9. The maximum Gasteiger partial charge on any atom is 0.312 e. The van der Waals surface area contributed by atoms with Crippen molar-refractivity contribution in [1.29, 1.82) is 0 Å². The highest BCUT2D eigenvalue weighted by atomic mass is 16.7. The Labute approximate surface area is 408 Å². The van der Waals surface area contributed by atoms with Crippen LogP contribution >= 0.6 is 0 Å². The van der Waals surface area contributed by atoms with Crippen LogP contribution in [0.15, 0.2) is 0 Å². The first kappa shape index (κ1) is 55.8. The van der Waals surface area contributed by atoms with Crippen molar-refractivity contribution in [2.75, 3.05) is 6.61 Å². The molecule has 0 spiro atoms. The number of fused-ring (bicyclic) bond motifs is 32. The summed E-state index contributed by atoms with van der Waals surface area (Å²) in [7, 11) is 0. The topological polar surface area (TPSA) is 125 Å². The van der Waals surface area contributed by atoms with Crippen molar-refractivity contribution >= 4 is 23.9 Å². The third-order valence-electron chi connectivity index (χ3n) is 21.7. The van der Waals surface area contributed by atoms with Gasteiger partial charge in [0.15, 0.2) is 0 Å². The van der Waals surface area contributed by atoms with Gasteiger partial charge >= 0.3 is 17.9 Å². The van der Waals surface area contributed by atoms with E-state index >= 15 is 0 Å². The highest BCUT2D eigenvalue weighted by Crippen LogP contribution is 2.78. The molecule has 1 saturated heterocycles. The summed E-state index contributed by atoms with van der Waals surface area (Å²) in [6.45, 7) is 9.43. The second-order valence-corrected chi connectivity index (χ2v) is 24.1. The van der Waals surface area contributed by atoms with Gasteiger partial charge in [0.25, 0.3) is 5.97 Å². The van der Waals surface area contributed by atoms with Crippen LogP contribution in [0.2, 0.25) is 0 Å². The molecule has 13 fully saturated rings. The number of carbonyl (C=O) groups is 4. The third-order valence-corrected chi connectivity index (χ3v) is 21.7. The molecule has 0 aromatic carbocycles. The summed E-state index contributed by atoms with van der Waals surface area (Å²) in [6, 6.07) is 0. The average molecular weight is 941 g/mol. The fourth-order valence-corrected chi connectivity index (χ4v) is 20.4. The van der Waals surface area contributed by atoms with E-state index in [1.807, 2.05) is 6.92 Å². The first-order chi connectivity index (χ1) is 29.3. The number of hydrogen-bond donors (Lipinski definition) is 1. The van der Waals surface area contributed by atoms with E-state index in [1.54, 1.807) is 0 Å². The minimum Gasteiger partial charge on any atom is -0.481 e. The lowest BCUT2D eigenvalue weighted by Gasteiger charge is -2.47. The molecule has 0 amide bonds. The predicted molar refractivity (Wildman–Crippen MR) is 266 cm³/mol. The molecule has 13 rings (SSSR count). The van der Waals surface area contributed by atoms with Crippen LogP contribution in [-0.2, 0) is 38.1 Å². The molecule has 12 saturated carbocycles. The summed E-state index contributed by atoms with van der Waals surface area (Å²) in [5.74, 6) is 17.2. The molecule has 1 aliphatic heterocycles. The largest absolute Gasteiger partial charge is 0.481 e. The molecular weight excluding hydrogens is 841 g/mol. The lowest BCUT2D eigenvalue weighted by atomic mass is 9.59. The molecule has 9 heteroatoms. The molecule has 386 valence electrons. The van der Waals surface area contributed by atoms with Crippen molar-refractivity contribution in [3.8, 4) is 0 Å². The Bertz CT molecular complexity index is 1740. The zero-order valence-corrected chi connectivity index (χ0v) is 37.8. The lowest BCUT2D eigenvalue weighted by Crippen LogP contribution is -2.46. The van der Waals surface area contributed by atoms with Gasteiger partial charge in [0.2, 0.25) is 6.29 Å². The second-order valence-electron chi connectivity index (χ2n) is 24.1. The lowest BCUT2D eigenvalue weighted by molar-refractivity contribution is -0.184. The van der Waals surface area contributed by atoms with E-state index < -0.39 is 11.4 Å². The molecule has 0 aromatic heterocycles. The Balaban J connectivity index is 0.000000370. The average Bonchev–Trinajstić information content (AvgIpc) is 4.06. The molecule has 13 aliphatic rings. The first-order valence-electron chi connectivity index (χ1n) is 25.7. The Morgan fingerprint density at radius 3 is 1.37 bits per heavy atom. The van der Waals surface area contributed by atoms with Crippen LogP contribution in [0.25, 0.3) is 0 Å². The Morgan fingerprint density at radius 2 is 0.970 bits per heavy atom. The van der Waals surface area contributed by atoms with Crippen molar-refractivity contribution in [3.05, 3.63) is 0 Å². The molecule has 25 unspecified atom stereocenters. The SMILES string of the molecule is C.C.C.C.C.C.CC(=O)O.CC(=O)OC1CCCCO1.CCC(C)(CC(C)C(=O)OC1CC2CC1C1C3CC(C4C5CCC(C5)C34)C21)C(=O)OC1CC2CC1C1C3CC(C4C5CCC(C5)C34)C21. The first-order valence-corrected chi connectivity index (χ1v) is 25.7. The standard InChI is InChI=1S/C43H60O4.C7H12O3.C2H4O2.6CH4/c1-4-43(3,42(45)47-32-14-24-12-26(32)40-30-16-28(38(24)40)34-20-6-8-22(10-20)36(30)34)17-18(2)41(44)46-31-13-23-11-25(31)39-29-15-27(37(23)39)33-19-5-7-21(9-19)35(29)33;1-6(8)10-7-4-2-3-5-9-7;1-2(3)4;;;;;;/h18-40H,4-17H2,1-3H3;7H,2-5H2,1H3;1H3,(H,3,4);6*1H4. The highest BCUT2D eigenvalue weighted by Gasteiger charge is 2.73. The van der Waals surface area contributed by atoms with Crippen LogP contribution in [0.1, 0.15) is 188 Å². The minimum atomic E-state index is -0.833. The summed E-state index contributed by atoms with van der Waals surface area (Å²) in [5.41, 5.74) is -0.620. The van der Waals surface area contributed by atoms with Crippen molar-refractivity contribution in [2.45, 2.75) is 207 Å². The molecule has 25 atom stereocenters. The fourth-order valence-electron chi connectivity index (χ4n) is 20.4. The minimum absolute atomic E-state index is 0. The van der Waals surface area contributed by atoms with Crippen molar-refractivity contribution in [1.82, 2.24) is 0 Å². The van der Waals surface area contributed by atoms with E-state index in [-0.39, 0.29) is 86.9 Å². The van der Waals surface area contributed by atoms with Crippen molar-refractivity contribution in [3.63, 3.8) is 0 Å². The van der Waals surface area contributed by atoms with Gasteiger partial charge in [-0.05, 0) is 228 Å². The van der Waals surface area contributed by atoms with E-state index in [2.05, 4.69) is 13.8 Å². The van der Waals surface area contributed by atoms with Gasteiger partial charge in [-0.3, -0.25) is 19.2 Å². The number of carboxylic acid groups (broad SMARTS) is 1. The molecule has 12 aliphatic carbocycles. The summed E-state index contributed by atoms with van der Waals surface area (Å²) in [4.78, 5) is 47.2. The zero-order chi connectivity index (χ0) is 42.2. The molecule has 12 bridgehead atoms. The number of carboxylic acids is 1. The van der Waals surface area contributed by atoms with Crippen LogP contribution in [0.4, 0.5) is 0 Å². The summed E-state index contributed by atoms with van der Waals surface area (Å²) < 4.78 is 23.0. The fraction of sp³-hybridized carbons (Fsp3) is 0.931. The van der Waals surface area contributed by atoms with Crippen LogP contribution in [0.3, 0.4) is 0 Å². The Hall–Kier alpha value is -2.16. The Morgan fingerprint density at radius 1 is 0.552 bits per heavy atom. The molecule has 67 heavy (non-hydrogen) atoms. The number of hydrogen-bond acceptors (Lipinski definition) is 8. The summed E-state index contributed by atoms with van der Waals surface area (Å²) >= 11 is 0. The van der Waals surface area contributed by atoms with Crippen LogP contribution < -0.4 is 0 Å². The second kappa shape index (κ2) is 20.9. The zero-order valence-electron chi connectivity index (χ0n) is 37.8. The van der Waals surface area contributed by atoms with Gasteiger partial charge in [0.1, 0.15) is 12.2 Å². The molecule has 1 heterocycles. The van der Waals surface area contributed by atoms with Crippen LogP contribution in [0.5, 0.6) is 0 Å². The van der Waals surface area contributed by atoms with Gasteiger partial charge in [0, 0.05) is 20.3 Å². The molecule has 1 N–H and O–H groups in total. The normalized spacial score (nSPS) is 47.6. The van der Waals surface area contributed by atoms with Gasteiger partial charge in [-0.1, -0.05) is 58.4 Å². The smallest absolute Gasteiger partial charge is 0.312 e. The predicted octanol–water partition coefficient (Wildman–Crippen LogP) is 13.4. The molecule has 0 aromatic rings. The van der Waals surface area contributed by atoms with Gasteiger partial charge in [0.05, 0.1) is 17.9 Å². The molecule has 0 radical (unpaired) electrons. The van der Waals surface area contributed by atoms with E-state index in [9.17, 15) is 14.4 Å². The number of esters is 3. The van der Waals surface area contributed by atoms with Gasteiger partial charge in [-0.25, -0.2) is 0 Å². The maximum absolute atomic E-state index is 14.0. The Kier molecular flexibility index (Phi) is 17.4. The van der Waals surface area contributed by atoms with Gasteiger partial charge < -0.3 is 24.1 Å². The maximum atomic E-state index is 14.0.